The van der Waals surface area contributed by atoms with Crippen LogP contribution in [0.4, 0.5) is 5.82 Å². The van der Waals surface area contributed by atoms with Gasteiger partial charge in [0.05, 0.1) is 11.5 Å². The fraction of sp³-hybridized carbons (Fsp3) is 0.562. The van der Waals surface area contributed by atoms with Crippen LogP contribution in [-0.4, -0.2) is 29.1 Å². The van der Waals surface area contributed by atoms with Crippen molar-refractivity contribution in [1.82, 2.24) is 4.98 Å². The minimum absolute atomic E-state index is 0.192. The Morgan fingerprint density at radius 3 is 2.71 bits per heavy atom. The molecule has 0 amide bonds. The lowest BCUT2D eigenvalue weighted by Crippen LogP contribution is -2.25. The van der Waals surface area contributed by atoms with E-state index in [-0.39, 0.29) is 11.8 Å². The number of hydrogen-bond donors (Lipinski definition) is 1. The van der Waals surface area contributed by atoms with Gasteiger partial charge < -0.3 is 10.0 Å². The van der Waals surface area contributed by atoms with Crippen molar-refractivity contribution in [3.63, 3.8) is 0 Å². The highest BCUT2D eigenvalue weighted by molar-refractivity contribution is 5.73. The van der Waals surface area contributed by atoms with Crippen LogP contribution in [0.3, 0.4) is 0 Å². The van der Waals surface area contributed by atoms with Crippen LogP contribution in [0, 0.1) is 42.9 Å². The molecule has 1 saturated carbocycles. The highest BCUT2D eigenvalue weighted by atomic mass is 16.4. The molecule has 1 aliphatic carbocycles. The van der Waals surface area contributed by atoms with Gasteiger partial charge in [-0.25, -0.2) is 4.98 Å². The van der Waals surface area contributed by atoms with E-state index in [9.17, 15) is 15.2 Å². The molecule has 1 aromatic rings. The summed E-state index contributed by atoms with van der Waals surface area (Å²) in [5.41, 5.74) is 2.42. The monoisotopic (exact) mass is 285 g/mol. The third kappa shape index (κ3) is 2.46. The average Bonchev–Trinajstić information content (AvgIpc) is 3.20. The van der Waals surface area contributed by atoms with Crippen molar-refractivity contribution in [2.24, 2.45) is 17.8 Å². The number of hydrogen-bond acceptors (Lipinski definition) is 4. The molecule has 2 atom stereocenters. The van der Waals surface area contributed by atoms with Crippen molar-refractivity contribution in [2.45, 2.75) is 26.7 Å². The number of carboxylic acids is 1. The molecule has 2 heterocycles. The van der Waals surface area contributed by atoms with Gasteiger partial charge in [-0.3, -0.25) is 4.79 Å². The summed E-state index contributed by atoms with van der Waals surface area (Å²) in [7, 11) is 0. The molecule has 0 spiro atoms. The Labute approximate surface area is 124 Å². The van der Waals surface area contributed by atoms with E-state index in [0.717, 1.165) is 24.1 Å². The van der Waals surface area contributed by atoms with Gasteiger partial charge >= 0.3 is 5.97 Å². The standard InChI is InChI=1S/C16H19N3O2/c1-9-5-12(6-17)15(18-10(9)2)19-7-13(11-3-4-11)14(8-19)16(20)21/h5,11,13-14H,3-4,7-8H2,1-2H3,(H,20,21)/t13-,14+/m0/s1. The van der Waals surface area contributed by atoms with E-state index >= 15 is 0 Å². The summed E-state index contributed by atoms with van der Waals surface area (Å²) in [6, 6.07) is 4.04. The Balaban J connectivity index is 1.93. The largest absolute Gasteiger partial charge is 0.481 e. The van der Waals surface area contributed by atoms with Crippen molar-refractivity contribution in [1.29, 1.82) is 5.26 Å². The van der Waals surface area contributed by atoms with Crippen LogP contribution in [-0.2, 0) is 4.79 Å². The minimum Gasteiger partial charge on any atom is -0.481 e. The smallest absolute Gasteiger partial charge is 0.308 e. The van der Waals surface area contributed by atoms with E-state index in [1.807, 2.05) is 24.8 Å². The number of aryl methyl sites for hydroxylation is 2. The first-order chi connectivity index (χ1) is 10.0. The number of carbonyl (C=O) groups is 1. The maximum absolute atomic E-state index is 11.5. The maximum Gasteiger partial charge on any atom is 0.308 e. The molecular formula is C16H19N3O2. The average molecular weight is 285 g/mol. The predicted molar refractivity (Wildman–Crippen MR) is 78.0 cm³/mol. The molecule has 0 unspecified atom stereocenters. The highest BCUT2D eigenvalue weighted by Crippen LogP contribution is 2.45. The van der Waals surface area contributed by atoms with E-state index in [4.69, 9.17) is 0 Å². The summed E-state index contributed by atoms with van der Waals surface area (Å²) in [5.74, 6) is 0.310. The predicted octanol–water partition coefficient (Wildman–Crippen LogP) is 2.12. The molecule has 5 nitrogen and oxygen atoms in total. The minimum atomic E-state index is -0.725. The number of anilines is 1. The van der Waals surface area contributed by atoms with Crippen LogP contribution in [0.15, 0.2) is 6.07 Å². The zero-order valence-electron chi connectivity index (χ0n) is 12.3. The van der Waals surface area contributed by atoms with Crippen LogP contribution < -0.4 is 4.90 Å². The zero-order valence-corrected chi connectivity index (χ0v) is 12.3. The number of pyridine rings is 1. The quantitative estimate of drug-likeness (QED) is 0.920. The van der Waals surface area contributed by atoms with Gasteiger partial charge in [-0.1, -0.05) is 0 Å². The van der Waals surface area contributed by atoms with Gasteiger partial charge in [0, 0.05) is 18.8 Å². The molecule has 3 rings (SSSR count). The molecule has 1 N–H and O–H groups in total. The van der Waals surface area contributed by atoms with Crippen molar-refractivity contribution >= 4 is 11.8 Å². The van der Waals surface area contributed by atoms with Crippen molar-refractivity contribution < 1.29 is 9.90 Å². The van der Waals surface area contributed by atoms with Gasteiger partial charge in [0.25, 0.3) is 0 Å². The van der Waals surface area contributed by atoms with Crippen LogP contribution in [0.5, 0.6) is 0 Å². The lowest BCUT2D eigenvalue weighted by molar-refractivity contribution is -0.142. The van der Waals surface area contributed by atoms with E-state index in [0.29, 0.717) is 30.4 Å². The molecule has 0 aromatic carbocycles. The van der Waals surface area contributed by atoms with Gasteiger partial charge in [-0.05, 0) is 50.2 Å². The fourth-order valence-corrected chi connectivity index (χ4v) is 3.28. The van der Waals surface area contributed by atoms with Gasteiger partial charge in [0.1, 0.15) is 11.9 Å². The summed E-state index contributed by atoms with van der Waals surface area (Å²) in [5, 5.41) is 18.8. The van der Waals surface area contributed by atoms with Gasteiger partial charge in [-0.2, -0.15) is 5.26 Å². The molecule has 2 aliphatic rings. The number of aromatic nitrogens is 1. The first kappa shape index (κ1) is 13.9. The number of carboxylic acid groups (broad SMARTS) is 1. The molecule has 5 heteroatoms. The third-order valence-corrected chi connectivity index (χ3v) is 4.78. The summed E-state index contributed by atoms with van der Waals surface area (Å²) in [6.45, 7) is 5.01. The Bertz CT molecular complexity index is 631. The van der Waals surface area contributed by atoms with Crippen LogP contribution >= 0.6 is 0 Å². The van der Waals surface area contributed by atoms with E-state index in [1.165, 1.54) is 0 Å². The Hall–Kier alpha value is -2.09. The summed E-state index contributed by atoms with van der Waals surface area (Å²) in [6.07, 6.45) is 2.27. The Morgan fingerprint density at radius 1 is 1.43 bits per heavy atom. The van der Waals surface area contributed by atoms with Gasteiger partial charge in [-0.15, -0.1) is 0 Å². The summed E-state index contributed by atoms with van der Waals surface area (Å²) in [4.78, 5) is 18.0. The van der Waals surface area contributed by atoms with Crippen LogP contribution in [0.2, 0.25) is 0 Å². The zero-order chi connectivity index (χ0) is 15.1. The Kier molecular flexibility index (Phi) is 3.32. The fourth-order valence-electron chi connectivity index (χ4n) is 3.28. The van der Waals surface area contributed by atoms with E-state index < -0.39 is 5.97 Å². The van der Waals surface area contributed by atoms with Gasteiger partial charge in [0.15, 0.2) is 0 Å². The maximum atomic E-state index is 11.5. The SMILES string of the molecule is Cc1cc(C#N)c(N2C[C@@H](C(=O)O)[C@H](C3CC3)C2)nc1C. The van der Waals surface area contributed by atoms with Gasteiger partial charge in [0.2, 0.25) is 0 Å². The number of nitrogens with zero attached hydrogens (tertiary/aromatic N) is 3. The van der Waals surface area contributed by atoms with E-state index in [1.54, 1.807) is 0 Å². The lowest BCUT2D eigenvalue weighted by Gasteiger charge is -2.19. The van der Waals surface area contributed by atoms with Crippen LogP contribution in [0.1, 0.15) is 29.7 Å². The third-order valence-electron chi connectivity index (χ3n) is 4.78. The molecule has 2 fully saturated rings. The molecule has 0 radical (unpaired) electrons. The van der Waals surface area contributed by atoms with Crippen LogP contribution in [0.25, 0.3) is 0 Å². The Morgan fingerprint density at radius 2 is 2.14 bits per heavy atom. The molecule has 1 aromatic heterocycles. The normalized spacial score (nSPS) is 24.9. The number of nitriles is 1. The van der Waals surface area contributed by atoms with E-state index in [2.05, 4.69) is 11.1 Å². The molecule has 110 valence electrons. The summed E-state index contributed by atoms with van der Waals surface area (Å²) < 4.78 is 0. The lowest BCUT2D eigenvalue weighted by atomic mass is 9.92. The van der Waals surface area contributed by atoms with Crippen molar-refractivity contribution in [3.8, 4) is 6.07 Å². The molecule has 0 bridgehead atoms. The molecule has 1 saturated heterocycles. The molecular weight excluding hydrogens is 266 g/mol. The van der Waals surface area contributed by atoms with Crippen molar-refractivity contribution in [3.05, 3.63) is 22.9 Å². The summed E-state index contributed by atoms with van der Waals surface area (Å²) >= 11 is 0. The second-order valence-electron chi connectivity index (χ2n) is 6.22. The first-order valence-corrected chi connectivity index (χ1v) is 7.37. The second kappa shape index (κ2) is 5.03. The highest BCUT2D eigenvalue weighted by Gasteiger charge is 2.46. The second-order valence-corrected chi connectivity index (χ2v) is 6.22. The topological polar surface area (TPSA) is 77.2 Å². The van der Waals surface area contributed by atoms with Crippen molar-refractivity contribution in [2.75, 3.05) is 18.0 Å². The number of aliphatic carboxylic acids is 1. The molecule has 1 aliphatic heterocycles. The first-order valence-electron chi connectivity index (χ1n) is 7.37. The molecule has 21 heavy (non-hydrogen) atoms. The number of rotatable bonds is 3.